The Kier molecular flexibility index (Phi) is 4.42. The van der Waals surface area contributed by atoms with Gasteiger partial charge < -0.3 is 15.5 Å². The number of aryl methyl sites for hydroxylation is 2. The van der Waals surface area contributed by atoms with Gasteiger partial charge in [-0.05, 0) is 46.3 Å². The average molecular weight is 262 g/mol. The fraction of sp³-hybridized carbons (Fsp3) is 0.667. The molecule has 19 heavy (non-hydrogen) atoms. The topological polar surface area (TPSA) is 45.4 Å². The lowest BCUT2D eigenvalue weighted by Crippen LogP contribution is -2.37. The largest absolute Gasteiger partial charge is 0.373 e. The van der Waals surface area contributed by atoms with Crippen LogP contribution >= 0.6 is 0 Å². The second-order valence-electron chi connectivity index (χ2n) is 5.71. The van der Waals surface area contributed by atoms with E-state index in [1.807, 2.05) is 13.8 Å². The van der Waals surface area contributed by atoms with E-state index in [4.69, 9.17) is 5.73 Å². The van der Waals surface area contributed by atoms with Crippen molar-refractivity contribution in [2.24, 2.45) is 5.73 Å². The molecule has 1 saturated heterocycles. The van der Waals surface area contributed by atoms with Gasteiger partial charge in [0.15, 0.2) is 0 Å². The molecule has 1 aromatic heterocycles. The normalized spacial score (nSPS) is 19.9. The Bertz CT molecular complexity index is 444. The lowest BCUT2D eigenvalue weighted by atomic mass is 10.1. The summed E-state index contributed by atoms with van der Waals surface area (Å²) in [7, 11) is 4.39. The van der Waals surface area contributed by atoms with E-state index in [1.165, 1.54) is 30.6 Å². The fourth-order valence-electron chi connectivity index (χ4n) is 3.05. The third-order valence-electron chi connectivity index (χ3n) is 4.21. The summed E-state index contributed by atoms with van der Waals surface area (Å²) >= 11 is 0. The number of anilines is 1. The predicted molar refractivity (Wildman–Crippen MR) is 80.5 cm³/mol. The molecule has 0 radical (unpaired) electrons. The molecule has 0 spiro atoms. The Balaban J connectivity index is 2.20. The van der Waals surface area contributed by atoms with Gasteiger partial charge in [-0.2, -0.15) is 0 Å². The standard InChI is InChI=1S/C15H26N4/c1-11-8-15(14(9-16)12(2)17-11)19(4)10-13-6-5-7-18(13)3/h8,13H,5-7,9-10,16H2,1-4H3. The van der Waals surface area contributed by atoms with Gasteiger partial charge in [0.2, 0.25) is 0 Å². The number of likely N-dealkylation sites (N-methyl/N-ethyl adjacent to an activating group) is 2. The van der Waals surface area contributed by atoms with E-state index in [1.54, 1.807) is 0 Å². The molecular weight excluding hydrogens is 236 g/mol. The van der Waals surface area contributed by atoms with Gasteiger partial charge in [-0.15, -0.1) is 0 Å². The van der Waals surface area contributed by atoms with Crippen LogP contribution < -0.4 is 10.6 Å². The number of nitrogens with two attached hydrogens (primary N) is 1. The minimum absolute atomic E-state index is 0.555. The summed E-state index contributed by atoms with van der Waals surface area (Å²) in [5, 5.41) is 0. The zero-order valence-electron chi connectivity index (χ0n) is 12.6. The minimum atomic E-state index is 0.555. The molecule has 1 atom stereocenters. The monoisotopic (exact) mass is 262 g/mol. The van der Waals surface area contributed by atoms with Gasteiger partial charge in [0.1, 0.15) is 0 Å². The molecule has 0 bridgehead atoms. The number of hydrogen-bond donors (Lipinski definition) is 1. The Morgan fingerprint density at radius 1 is 1.47 bits per heavy atom. The quantitative estimate of drug-likeness (QED) is 0.897. The van der Waals surface area contributed by atoms with Crippen molar-refractivity contribution >= 4 is 5.69 Å². The van der Waals surface area contributed by atoms with Crippen molar-refractivity contribution in [3.63, 3.8) is 0 Å². The molecule has 0 aromatic carbocycles. The molecule has 2 heterocycles. The van der Waals surface area contributed by atoms with Gasteiger partial charge in [0.05, 0.1) is 0 Å². The third-order valence-corrected chi connectivity index (χ3v) is 4.21. The molecule has 1 fully saturated rings. The molecule has 1 unspecified atom stereocenters. The Labute approximate surface area is 116 Å². The molecule has 0 aliphatic carbocycles. The second-order valence-corrected chi connectivity index (χ2v) is 5.71. The molecule has 2 rings (SSSR count). The predicted octanol–water partition coefficient (Wildman–Crippen LogP) is 1.69. The van der Waals surface area contributed by atoms with Crippen molar-refractivity contribution in [3.05, 3.63) is 23.0 Å². The summed E-state index contributed by atoms with van der Waals surface area (Å²) in [5.41, 5.74) is 10.4. The van der Waals surface area contributed by atoms with Gasteiger partial charge in [-0.3, -0.25) is 4.98 Å². The Morgan fingerprint density at radius 3 is 2.79 bits per heavy atom. The highest BCUT2D eigenvalue weighted by molar-refractivity contribution is 5.55. The van der Waals surface area contributed by atoms with Crippen LogP contribution in [0.5, 0.6) is 0 Å². The van der Waals surface area contributed by atoms with Crippen molar-refractivity contribution in [1.29, 1.82) is 0 Å². The first-order valence-corrected chi connectivity index (χ1v) is 7.11. The van der Waals surface area contributed by atoms with E-state index in [0.717, 1.165) is 17.9 Å². The van der Waals surface area contributed by atoms with Crippen LogP contribution in [-0.4, -0.2) is 43.1 Å². The first-order valence-electron chi connectivity index (χ1n) is 7.11. The zero-order valence-corrected chi connectivity index (χ0v) is 12.6. The Hall–Kier alpha value is -1.13. The first-order chi connectivity index (χ1) is 9.02. The van der Waals surface area contributed by atoms with Crippen LogP contribution in [0.15, 0.2) is 6.07 Å². The lowest BCUT2D eigenvalue weighted by molar-refractivity contribution is 0.314. The molecule has 106 valence electrons. The molecule has 0 saturated carbocycles. The third kappa shape index (κ3) is 3.07. The van der Waals surface area contributed by atoms with Crippen molar-refractivity contribution in [2.75, 3.05) is 32.1 Å². The average Bonchev–Trinajstić information content (AvgIpc) is 2.74. The van der Waals surface area contributed by atoms with E-state index in [-0.39, 0.29) is 0 Å². The van der Waals surface area contributed by atoms with Crippen molar-refractivity contribution < 1.29 is 0 Å². The van der Waals surface area contributed by atoms with Crippen molar-refractivity contribution in [2.45, 2.75) is 39.3 Å². The summed E-state index contributed by atoms with van der Waals surface area (Å²) in [5.74, 6) is 0. The van der Waals surface area contributed by atoms with Crippen LogP contribution in [0.1, 0.15) is 29.8 Å². The summed E-state index contributed by atoms with van der Waals surface area (Å²) in [4.78, 5) is 9.32. The van der Waals surface area contributed by atoms with Crippen molar-refractivity contribution in [3.8, 4) is 0 Å². The van der Waals surface area contributed by atoms with Crippen LogP contribution in [0, 0.1) is 13.8 Å². The highest BCUT2D eigenvalue weighted by atomic mass is 15.2. The molecule has 1 aromatic rings. The maximum atomic E-state index is 5.90. The molecule has 0 amide bonds. The van der Waals surface area contributed by atoms with E-state index in [0.29, 0.717) is 12.6 Å². The van der Waals surface area contributed by atoms with Crippen molar-refractivity contribution in [1.82, 2.24) is 9.88 Å². The highest BCUT2D eigenvalue weighted by Crippen LogP contribution is 2.25. The summed E-state index contributed by atoms with van der Waals surface area (Å²) in [6.45, 7) is 6.93. The number of hydrogen-bond acceptors (Lipinski definition) is 4. The van der Waals surface area contributed by atoms with E-state index in [2.05, 4.69) is 34.9 Å². The maximum absolute atomic E-state index is 5.90. The number of aromatic nitrogens is 1. The SMILES string of the molecule is Cc1cc(N(C)CC2CCCN2C)c(CN)c(C)n1. The summed E-state index contributed by atoms with van der Waals surface area (Å²) in [6.07, 6.45) is 2.61. The molecule has 2 N–H and O–H groups in total. The van der Waals surface area contributed by atoms with E-state index in [9.17, 15) is 0 Å². The van der Waals surface area contributed by atoms with Crippen LogP contribution in [0.25, 0.3) is 0 Å². The highest BCUT2D eigenvalue weighted by Gasteiger charge is 2.23. The van der Waals surface area contributed by atoms with E-state index < -0.39 is 0 Å². The molecule has 4 heteroatoms. The van der Waals surface area contributed by atoms with Gasteiger partial charge in [-0.1, -0.05) is 0 Å². The minimum Gasteiger partial charge on any atom is -0.373 e. The van der Waals surface area contributed by atoms with Crippen LogP contribution in [0.4, 0.5) is 5.69 Å². The fourth-order valence-corrected chi connectivity index (χ4v) is 3.05. The molecule has 1 aliphatic heterocycles. The lowest BCUT2D eigenvalue weighted by Gasteiger charge is -2.29. The molecule has 1 aliphatic rings. The molecular formula is C15H26N4. The number of nitrogens with zero attached hydrogens (tertiary/aromatic N) is 3. The zero-order chi connectivity index (χ0) is 14.0. The number of rotatable bonds is 4. The smallest absolute Gasteiger partial charge is 0.0446 e. The molecule has 4 nitrogen and oxygen atoms in total. The number of likely N-dealkylation sites (tertiary alicyclic amines) is 1. The van der Waals surface area contributed by atoms with Gasteiger partial charge in [-0.25, -0.2) is 0 Å². The summed E-state index contributed by atoms with van der Waals surface area (Å²) < 4.78 is 0. The maximum Gasteiger partial charge on any atom is 0.0446 e. The second kappa shape index (κ2) is 5.88. The first kappa shape index (κ1) is 14.3. The van der Waals surface area contributed by atoms with Gasteiger partial charge in [0.25, 0.3) is 0 Å². The Morgan fingerprint density at radius 2 is 2.21 bits per heavy atom. The van der Waals surface area contributed by atoms with Crippen LogP contribution in [-0.2, 0) is 6.54 Å². The van der Waals surface area contributed by atoms with Crippen LogP contribution in [0.2, 0.25) is 0 Å². The summed E-state index contributed by atoms with van der Waals surface area (Å²) in [6, 6.07) is 2.81. The van der Waals surface area contributed by atoms with Gasteiger partial charge in [0, 0.05) is 48.8 Å². The number of pyridine rings is 1. The van der Waals surface area contributed by atoms with Gasteiger partial charge >= 0.3 is 0 Å². The van der Waals surface area contributed by atoms with Crippen LogP contribution in [0.3, 0.4) is 0 Å². The van der Waals surface area contributed by atoms with E-state index >= 15 is 0 Å².